The molecule has 0 N–H and O–H groups in total. The Morgan fingerprint density at radius 1 is 0.305 bits per heavy atom. The Hall–Kier alpha value is -8.02. The lowest BCUT2D eigenvalue weighted by Gasteiger charge is -2.14. The van der Waals surface area contributed by atoms with Crippen LogP contribution in [-0.2, 0) is 0 Å². The monoisotopic (exact) mass is 751 g/mol. The summed E-state index contributed by atoms with van der Waals surface area (Å²) in [6.07, 6.45) is 0. The van der Waals surface area contributed by atoms with E-state index in [9.17, 15) is 0 Å². The molecule has 0 bridgehead atoms. The van der Waals surface area contributed by atoms with Crippen LogP contribution in [-0.4, -0.2) is 23.7 Å². The molecule has 9 aromatic carbocycles. The molecular formula is C54H33N5. The smallest absolute Gasteiger partial charge is 0.235 e. The predicted molar refractivity (Wildman–Crippen MR) is 245 cm³/mol. The standard InChI is InChI=1S/C54H33N5/c1-2-18-35(19-3-1)57-43-27-11-8-23-40(43)51-48(57)32-33-49-52(51)41-24-9-12-28-44(41)58(49)46-30-15-31-47-50(46)39-22-7-13-29-45(39)59(47)54-55-42-26-10-6-21-38(42)53(56-54)37-25-14-17-34-16-4-5-20-36(34)37/h1-33H. The van der Waals surface area contributed by atoms with E-state index in [2.05, 4.69) is 214 Å². The Kier molecular flexibility index (Phi) is 6.66. The molecular weight excluding hydrogens is 719 g/mol. The van der Waals surface area contributed by atoms with E-state index in [1.165, 1.54) is 48.9 Å². The van der Waals surface area contributed by atoms with Crippen LogP contribution in [0.1, 0.15) is 0 Å². The van der Waals surface area contributed by atoms with Crippen LogP contribution in [0, 0.1) is 0 Å². The third-order valence-corrected chi connectivity index (χ3v) is 12.2. The van der Waals surface area contributed by atoms with Crippen LogP contribution in [0.2, 0.25) is 0 Å². The summed E-state index contributed by atoms with van der Waals surface area (Å²) in [4.78, 5) is 10.8. The van der Waals surface area contributed by atoms with E-state index in [0.29, 0.717) is 5.95 Å². The van der Waals surface area contributed by atoms with Crippen molar-refractivity contribution in [2.24, 2.45) is 0 Å². The number of benzene rings is 9. The van der Waals surface area contributed by atoms with Gasteiger partial charge in [0.25, 0.3) is 0 Å². The molecule has 274 valence electrons. The van der Waals surface area contributed by atoms with Gasteiger partial charge in [0.1, 0.15) is 0 Å². The van der Waals surface area contributed by atoms with Gasteiger partial charge >= 0.3 is 0 Å². The van der Waals surface area contributed by atoms with Gasteiger partial charge in [-0.25, -0.2) is 9.97 Å². The van der Waals surface area contributed by atoms with Gasteiger partial charge in [0, 0.05) is 49.0 Å². The van der Waals surface area contributed by atoms with Gasteiger partial charge in [-0.1, -0.05) is 140 Å². The quantitative estimate of drug-likeness (QED) is 0.180. The van der Waals surface area contributed by atoms with Gasteiger partial charge in [-0.05, 0) is 71.4 Å². The first-order valence-electron chi connectivity index (χ1n) is 20.1. The fourth-order valence-electron chi connectivity index (χ4n) is 9.84. The fourth-order valence-corrected chi connectivity index (χ4v) is 9.84. The highest BCUT2D eigenvalue weighted by molar-refractivity contribution is 6.29. The van der Waals surface area contributed by atoms with E-state index >= 15 is 0 Å². The number of fused-ring (bicyclic) bond motifs is 12. The molecule has 0 aliphatic heterocycles. The molecule has 0 amide bonds. The average molecular weight is 752 g/mol. The van der Waals surface area contributed by atoms with Gasteiger partial charge in [0.2, 0.25) is 5.95 Å². The third kappa shape index (κ3) is 4.50. The summed E-state index contributed by atoms with van der Waals surface area (Å²) in [5, 5.41) is 10.7. The Morgan fingerprint density at radius 3 is 1.56 bits per heavy atom. The number of hydrogen-bond acceptors (Lipinski definition) is 2. The fraction of sp³-hybridized carbons (Fsp3) is 0. The highest BCUT2D eigenvalue weighted by Gasteiger charge is 2.24. The molecule has 4 heterocycles. The van der Waals surface area contributed by atoms with E-state index in [1.54, 1.807) is 0 Å². The van der Waals surface area contributed by atoms with Crippen molar-refractivity contribution in [2.75, 3.05) is 0 Å². The van der Waals surface area contributed by atoms with Crippen LogP contribution in [0.4, 0.5) is 0 Å². The molecule has 0 radical (unpaired) electrons. The van der Waals surface area contributed by atoms with Gasteiger partial charge in [0.05, 0.1) is 50.0 Å². The number of aromatic nitrogens is 5. The second-order valence-corrected chi connectivity index (χ2v) is 15.3. The molecule has 5 nitrogen and oxygen atoms in total. The van der Waals surface area contributed by atoms with Gasteiger partial charge in [0.15, 0.2) is 0 Å². The third-order valence-electron chi connectivity index (χ3n) is 12.2. The zero-order chi connectivity index (χ0) is 38.6. The molecule has 0 saturated heterocycles. The van der Waals surface area contributed by atoms with Crippen LogP contribution in [0.5, 0.6) is 0 Å². The maximum Gasteiger partial charge on any atom is 0.235 e. The maximum atomic E-state index is 5.49. The van der Waals surface area contributed by atoms with Crippen molar-refractivity contribution in [2.45, 2.75) is 0 Å². The lowest BCUT2D eigenvalue weighted by atomic mass is 9.99. The number of rotatable bonds is 4. The average Bonchev–Trinajstić information content (AvgIpc) is 3.94. The van der Waals surface area contributed by atoms with E-state index in [-0.39, 0.29) is 0 Å². The summed E-state index contributed by atoms with van der Waals surface area (Å²) >= 11 is 0. The van der Waals surface area contributed by atoms with Crippen LogP contribution < -0.4 is 0 Å². The minimum atomic E-state index is 0.646. The largest absolute Gasteiger partial charge is 0.309 e. The first-order chi connectivity index (χ1) is 29.3. The van der Waals surface area contributed by atoms with Gasteiger partial charge < -0.3 is 9.13 Å². The summed E-state index contributed by atoms with van der Waals surface area (Å²) in [7, 11) is 0. The van der Waals surface area contributed by atoms with Gasteiger partial charge in [-0.2, -0.15) is 0 Å². The summed E-state index contributed by atoms with van der Waals surface area (Å²) in [5.74, 6) is 0.646. The molecule has 0 unspecified atom stereocenters. The Bertz CT molecular complexity index is 3840. The van der Waals surface area contributed by atoms with E-state index in [4.69, 9.17) is 9.97 Å². The molecule has 13 aromatic rings. The zero-order valence-electron chi connectivity index (χ0n) is 31.8. The highest BCUT2D eigenvalue weighted by atomic mass is 15.2. The molecule has 0 aliphatic carbocycles. The second-order valence-electron chi connectivity index (χ2n) is 15.3. The van der Waals surface area contributed by atoms with E-state index in [0.717, 1.165) is 60.9 Å². The maximum absolute atomic E-state index is 5.49. The molecule has 5 heteroatoms. The van der Waals surface area contributed by atoms with E-state index in [1.807, 2.05) is 0 Å². The molecule has 4 aromatic heterocycles. The summed E-state index contributed by atoms with van der Waals surface area (Å²) in [5.41, 5.74) is 12.0. The predicted octanol–water partition coefficient (Wildman–Crippen LogP) is 13.7. The lowest BCUT2D eigenvalue weighted by molar-refractivity contribution is 1.01. The number of para-hydroxylation sites is 5. The first kappa shape index (κ1) is 32.1. The highest BCUT2D eigenvalue weighted by Crippen LogP contribution is 2.45. The Morgan fingerprint density at radius 2 is 0.814 bits per heavy atom. The topological polar surface area (TPSA) is 40.6 Å². The normalized spacial score (nSPS) is 12.1. The summed E-state index contributed by atoms with van der Waals surface area (Å²) in [6, 6.07) is 71.7. The summed E-state index contributed by atoms with van der Waals surface area (Å²) < 4.78 is 7.13. The van der Waals surface area contributed by atoms with Crippen molar-refractivity contribution < 1.29 is 0 Å². The van der Waals surface area contributed by atoms with Crippen molar-refractivity contribution >= 4 is 87.1 Å². The second kappa shape index (κ2) is 12.2. The number of hydrogen-bond donors (Lipinski definition) is 0. The molecule has 0 atom stereocenters. The SMILES string of the molecule is c1ccc(-n2c3ccccc3c3c4c5ccccc5n(-c5cccc6c5c5ccccc5n6-c5nc(-c6cccc7ccccc67)c6ccccc6n5)c4ccc32)cc1. The summed E-state index contributed by atoms with van der Waals surface area (Å²) in [6.45, 7) is 0. The van der Waals surface area contributed by atoms with Gasteiger partial charge in [-0.15, -0.1) is 0 Å². The van der Waals surface area contributed by atoms with E-state index < -0.39 is 0 Å². The lowest BCUT2D eigenvalue weighted by Crippen LogP contribution is -2.04. The first-order valence-corrected chi connectivity index (χ1v) is 20.1. The van der Waals surface area contributed by atoms with Crippen molar-refractivity contribution in [3.8, 4) is 28.6 Å². The molecule has 13 rings (SSSR count). The van der Waals surface area contributed by atoms with Crippen molar-refractivity contribution in [1.29, 1.82) is 0 Å². The minimum Gasteiger partial charge on any atom is -0.309 e. The van der Waals surface area contributed by atoms with Gasteiger partial charge in [-0.3, -0.25) is 4.57 Å². The number of nitrogens with zero attached hydrogens (tertiary/aromatic N) is 5. The molecule has 0 aliphatic rings. The molecule has 59 heavy (non-hydrogen) atoms. The zero-order valence-corrected chi connectivity index (χ0v) is 31.8. The van der Waals surface area contributed by atoms with Crippen LogP contribution in [0.3, 0.4) is 0 Å². The van der Waals surface area contributed by atoms with Crippen molar-refractivity contribution in [3.05, 3.63) is 200 Å². The van der Waals surface area contributed by atoms with Crippen LogP contribution in [0.25, 0.3) is 116 Å². The molecule has 0 spiro atoms. The van der Waals surface area contributed by atoms with Crippen LogP contribution >= 0.6 is 0 Å². The van der Waals surface area contributed by atoms with Crippen molar-refractivity contribution in [1.82, 2.24) is 23.7 Å². The Balaban J connectivity index is 1.13. The minimum absolute atomic E-state index is 0.646. The van der Waals surface area contributed by atoms with Crippen LogP contribution in [0.15, 0.2) is 200 Å². The molecule has 0 saturated carbocycles. The molecule has 0 fully saturated rings. The van der Waals surface area contributed by atoms with Crippen molar-refractivity contribution in [3.63, 3.8) is 0 Å². The Labute approximate surface area is 338 Å².